The monoisotopic (exact) mass is 263 g/mol. The third-order valence-electron chi connectivity index (χ3n) is 4.88. The standard InChI is InChI=1S/C14H21N3O2/c1-9(11-6-15-16(2)7-11)17-8-10-4-3-5-12(10)13(17)14(18)19/h6-7,9-10,12-13H,3-5,8H2,1-2H3,(H,18,19). The lowest BCUT2D eigenvalue weighted by Gasteiger charge is -2.29. The SMILES string of the molecule is CC(c1cnn(C)c1)N1CC2CCCC2C1C(=O)O. The molecule has 0 radical (unpaired) electrons. The number of rotatable bonds is 3. The van der Waals surface area contributed by atoms with Gasteiger partial charge in [0.15, 0.2) is 0 Å². The number of hydrogen-bond donors (Lipinski definition) is 1. The number of carboxylic acid groups (broad SMARTS) is 1. The Morgan fingerprint density at radius 2 is 2.32 bits per heavy atom. The summed E-state index contributed by atoms with van der Waals surface area (Å²) in [6.45, 7) is 3.01. The topological polar surface area (TPSA) is 58.4 Å². The first-order valence-corrected chi connectivity index (χ1v) is 7.05. The van der Waals surface area contributed by atoms with Crippen molar-refractivity contribution in [2.75, 3.05) is 6.54 Å². The molecule has 3 rings (SSSR count). The number of aliphatic carboxylic acids is 1. The molecule has 4 atom stereocenters. The lowest BCUT2D eigenvalue weighted by molar-refractivity contribution is -0.144. The first-order chi connectivity index (χ1) is 9.08. The van der Waals surface area contributed by atoms with Crippen LogP contribution in [-0.4, -0.2) is 38.3 Å². The zero-order valence-electron chi connectivity index (χ0n) is 11.5. The third-order valence-corrected chi connectivity index (χ3v) is 4.88. The van der Waals surface area contributed by atoms with E-state index in [1.807, 2.05) is 19.4 Å². The highest BCUT2D eigenvalue weighted by Crippen LogP contribution is 2.45. The first kappa shape index (κ1) is 12.7. The fourth-order valence-electron chi connectivity index (χ4n) is 3.91. The van der Waals surface area contributed by atoms with Crippen molar-refractivity contribution >= 4 is 5.97 Å². The number of aryl methyl sites for hydroxylation is 1. The molecule has 1 saturated heterocycles. The summed E-state index contributed by atoms with van der Waals surface area (Å²) in [6.07, 6.45) is 7.27. The fraction of sp³-hybridized carbons (Fsp3) is 0.714. The molecule has 1 aromatic rings. The third kappa shape index (κ3) is 2.06. The van der Waals surface area contributed by atoms with Gasteiger partial charge in [0.2, 0.25) is 0 Å². The second kappa shape index (κ2) is 4.63. The summed E-state index contributed by atoms with van der Waals surface area (Å²) in [7, 11) is 1.89. The molecule has 0 spiro atoms. The smallest absolute Gasteiger partial charge is 0.321 e. The summed E-state index contributed by atoms with van der Waals surface area (Å²) in [5.74, 6) is 0.252. The Labute approximate surface area is 113 Å². The van der Waals surface area contributed by atoms with Gasteiger partial charge in [-0.2, -0.15) is 5.10 Å². The van der Waals surface area contributed by atoms with Gasteiger partial charge in [-0.25, -0.2) is 0 Å². The Morgan fingerprint density at radius 3 is 2.95 bits per heavy atom. The van der Waals surface area contributed by atoms with Crippen LogP contribution in [0.4, 0.5) is 0 Å². The van der Waals surface area contributed by atoms with Crippen molar-refractivity contribution < 1.29 is 9.90 Å². The minimum Gasteiger partial charge on any atom is -0.480 e. The molecule has 1 aliphatic heterocycles. The minimum absolute atomic E-state index is 0.125. The van der Waals surface area contributed by atoms with Gasteiger partial charge in [-0.15, -0.1) is 0 Å². The van der Waals surface area contributed by atoms with Gasteiger partial charge in [-0.05, 0) is 31.6 Å². The molecule has 5 heteroatoms. The number of carboxylic acids is 1. The Bertz CT molecular complexity index is 485. The number of nitrogens with zero attached hydrogens (tertiary/aromatic N) is 3. The Morgan fingerprint density at radius 1 is 1.53 bits per heavy atom. The molecule has 2 fully saturated rings. The van der Waals surface area contributed by atoms with E-state index in [0.717, 1.165) is 18.5 Å². The molecular formula is C14H21N3O2. The Kier molecular flexibility index (Phi) is 3.09. The van der Waals surface area contributed by atoms with Crippen LogP contribution in [0.25, 0.3) is 0 Å². The second-order valence-electron chi connectivity index (χ2n) is 5.96. The number of carbonyl (C=O) groups is 1. The quantitative estimate of drug-likeness (QED) is 0.901. The number of aromatic nitrogens is 2. The van der Waals surface area contributed by atoms with Gasteiger partial charge in [0.1, 0.15) is 6.04 Å². The molecule has 1 N–H and O–H groups in total. The van der Waals surface area contributed by atoms with Gasteiger partial charge < -0.3 is 5.11 Å². The number of fused-ring (bicyclic) bond motifs is 1. The lowest BCUT2D eigenvalue weighted by Crippen LogP contribution is -2.40. The van der Waals surface area contributed by atoms with Crippen LogP contribution in [-0.2, 0) is 11.8 Å². The fourth-order valence-corrected chi connectivity index (χ4v) is 3.91. The van der Waals surface area contributed by atoms with Crippen molar-refractivity contribution in [2.24, 2.45) is 18.9 Å². The van der Waals surface area contributed by atoms with E-state index in [9.17, 15) is 9.90 Å². The van der Waals surface area contributed by atoms with Crippen LogP contribution in [0.1, 0.15) is 37.8 Å². The average Bonchev–Trinajstić information content (AvgIpc) is 3.00. The minimum atomic E-state index is -0.662. The molecule has 5 nitrogen and oxygen atoms in total. The van der Waals surface area contributed by atoms with E-state index in [0.29, 0.717) is 11.8 Å². The highest BCUT2D eigenvalue weighted by Gasteiger charge is 2.49. The van der Waals surface area contributed by atoms with Crippen molar-refractivity contribution in [3.8, 4) is 0 Å². The summed E-state index contributed by atoms with van der Waals surface area (Å²) in [5, 5.41) is 13.8. The maximum atomic E-state index is 11.6. The van der Waals surface area contributed by atoms with Crippen LogP contribution in [0.3, 0.4) is 0 Å². The van der Waals surface area contributed by atoms with E-state index in [1.165, 1.54) is 12.8 Å². The van der Waals surface area contributed by atoms with Crippen molar-refractivity contribution in [2.45, 2.75) is 38.3 Å². The molecule has 1 saturated carbocycles. The summed E-state index contributed by atoms with van der Waals surface area (Å²) in [4.78, 5) is 13.8. The van der Waals surface area contributed by atoms with Crippen molar-refractivity contribution in [1.82, 2.24) is 14.7 Å². The van der Waals surface area contributed by atoms with Crippen LogP contribution in [0.2, 0.25) is 0 Å². The van der Waals surface area contributed by atoms with Gasteiger partial charge in [0.25, 0.3) is 0 Å². The number of hydrogen-bond acceptors (Lipinski definition) is 3. The van der Waals surface area contributed by atoms with Gasteiger partial charge in [0.05, 0.1) is 6.20 Å². The van der Waals surface area contributed by atoms with E-state index in [2.05, 4.69) is 16.9 Å². The molecule has 0 aromatic carbocycles. The Balaban J connectivity index is 1.85. The molecule has 2 heterocycles. The largest absolute Gasteiger partial charge is 0.480 e. The average molecular weight is 263 g/mol. The van der Waals surface area contributed by atoms with E-state index in [-0.39, 0.29) is 12.1 Å². The molecule has 1 aromatic heterocycles. The van der Waals surface area contributed by atoms with Crippen LogP contribution in [0.5, 0.6) is 0 Å². The molecule has 104 valence electrons. The van der Waals surface area contributed by atoms with Crippen LogP contribution in [0.15, 0.2) is 12.4 Å². The van der Waals surface area contributed by atoms with E-state index in [4.69, 9.17) is 0 Å². The van der Waals surface area contributed by atoms with E-state index >= 15 is 0 Å². The zero-order chi connectivity index (χ0) is 13.6. The molecule has 1 aliphatic carbocycles. The van der Waals surface area contributed by atoms with Crippen molar-refractivity contribution in [3.05, 3.63) is 18.0 Å². The predicted octanol–water partition coefficient (Wildman–Crippen LogP) is 1.67. The number of likely N-dealkylation sites (tertiary alicyclic amines) is 1. The molecule has 2 aliphatic rings. The van der Waals surface area contributed by atoms with Crippen LogP contribution >= 0.6 is 0 Å². The molecular weight excluding hydrogens is 242 g/mol. The maximum absolute atomic E-state index is 11.6. The normalized spacial score (nSPS) is 32.4. The highest BCUT2D eigenvalue weighted by molar-refractivity contribution is 5.74. The molecule has 19 heavy (non-hydrogen) atoms. The second-order valence-corrected chi connectivity index (χ2v) is 5.96. The van der Waals surface area contributed by atoms with Gasteiger partial charge in [0, 0.05) is 31.4 Å². The lowest BCUT2D eigenvalue weighted by atomic mass is 9.94. The predicted molar refractivity (Wildman–Crippen MR) is 70.6 cm³/mol. The summed E-state index contributed by atoms with van der Waals surface area (Å²) in [5.41, 5.74) is 1.11. The summed E-state index contributed by atoms with van der Waals surface area (Å²) >= 11 is 0. The van der Waals surface area contributed by atoms with Crippen molar-refractivity contribution in [3.63, 3.8) is 0 Å². The first-order valence-electron chi connectivity index (χ1n) is 7.05. The maximum Gasteiger partial charge on any atom is 0.321 e. The highest BCUT2D eigenvalue weighted by atomic mass is 16.4. The van der Waals surface area contributed by atoms with Gasteiger partial charge in [-0.1, -0.05) is 6.42 Å². The van der Waals surface area contributed by atoms with E-state index < -0.39 is 5.97 Å². The van der Waals surface area contributed by atoms with E-state index in [1.54, 1.807) is 4.68 Å². The molecule has 0 bridgehead atoms. The van der Waals surface area contributed by atoms with Gasteiger partial charge in [-0.3, -0.25) is 14.4 Å². The van der Waals surface area contributed by atoms with Crippen molar-refractivity contribution in [1.29, 1.82) is 0 Å². The van der Waals surface area contributed by atoms with Crippen LogP contribution in [0, 0.1) is 11.8 Å². The van der Waals surface area contributed by atoms with Crippen LogP contribution < -0.4 is 0 Å². The molecule has 4 unspecified atom stereocenters. The summed E-state index contributed by atoms with van der Waals surface area (Å²) in [6, 6.07) is -0.192. The Hall–Kier alpha value is -1.36. The molecule has 0 amide bonds. The van der Waals surface area contributed by atoms with Gasteiger partial charge >= 0.3 is 5.97 Å². The summed E-state index contributed by atoms with van der Waals surface area (Å²) < 4.78 is 1.78. The zero-order valence-corrected chi connectivity index (χ0v) is 11.5.